The smallest absolute Gasteiger partial charge is 0.292 e. The summed E-state index contributed by atoms with van der Waals surface area (Å²) < 4.78 is 0.898. The van der Waals surface area contributed by atoms with Crippen molar-refractivity contribution in [2.45, 2.75) is 6.54 Å². The van der Waals surface area contributed by atoms with Gasteiger partial charge in [0.2, 0.25) is 0 Å². The first-order valence-corrected chi connectivity index (χ1v) is 5.85. The third-order valence-electron chi connectivity index (χ3n) is 2.53. The molecule has 0 saturated carbocycles. The van der Waals surface area contributed by atoms with Crippen molar-refractivity contribution in [1.29, 1.82) is 0 Å². The van der Waals surface area contributed by atoms with Crippen molar-refractivity contribution in [3.05, 3.63) is 67.8 Å². The van der Waals surface area contributed by atoms with E-state index in [-0.39, 0.29) is 18.0 Å². The number of ketones is 1. The highest BCUT2D eigenvalue weighted by Crippen LogP contribution is 2.11. The number of halogens is 1. The molecule has 1 heterocycles. The van der Waals surface area contributed by atoms with Gasteiger partial charge in [0.25, 0.3) is 0 Å². The monoisotopic (exact) mass is 293 g/mol. The lowest BCUT2D eigenvalue weighted by molar-refractivity contribution is -0.385. The van der Waals surface area contributed by atoms with Crippen molar-refractivity contribution in [1.82, 2.24) is 9.55 Å². The van der Waals surface area contributed by atoms with E-state index in [9.17, 15) is 19.7 Å². The summed E-state index contributed by atoms with van der Waals surface area (Å²) in [6.07, 6.45) is 1.84. The van der Waals surface area contributed by atoms with Gasteiger partial charge in [-0.15, -0.1) is 0 Å². The first-order valence-electron chi connectivity index (χ1n) is 5.47. The van der Waals surface area contributed by atoms with Crippen LogP contribution >= 0.6 is 11.6 Å². The Labute approximate surface area is 117 Å². The number of rotatable bonds is 4. The molecule has 0 radical (unpaired) electrons. The molecule has 7 nitrogen and oxygen atoms in total. The third kappa shape index (κ3) is 3.07. The molecule has 0 atom stereocenters. The van der Waals surface area contributed by atoms with E-state index in [0.717, 1.165) is 17.0 Å². The van der Waals surface area contributed by atoms with E-state index < -0.39 is 10.6 Å². The van der Waals surface area contributed by atoms with Gasteiger partial charge in [-0.25, -0.2) is 4.79 Å². The van der Waals surface area contributed by atoms with E-state index in [2.05, 4.69) is 4.98 Å². The first-order chi connectivity index (χ1) is 9.47. The Morgan fingerprint density at radius 1 is 1.35 bits per heavy atom. The van der Waals surface area contributed by atoms with Crippen LogP contribution in [0.2, 0.25) is 5.02 Å². The van der Waals surface area contributed by atoms with Gasteiger partial charge < -0.3 is 0 Å². The molecular formula is C12H8ClN3O4. The predicted octanol–water partition coefficient (Wildman–Crippen LogP) is 1.69. The van der Waals surface area contributed by atoms with Crippen molar-refractivity contribution in [2.24, 2.45) is 0 Å². The number of nitro groups is 1. The van der Waals surface area contributed by atoms with Crippen LogP contribution in [0.25, 0.3) is 0 Å². The van der Waals surface area contributed by atoms with Crippen LogP contribution < -0.4 is 5.69 Å². The maximum atomic E-state index is 12.0. The molecule has 1 aromatic heterocycles. The standard InChI is InChI=1S/C12H8ClN3O4/c13-9-3-1-8(2-4-9)11(17)7-15-6-10(16(19)20)5-14-12(15)18/h1-6H,7H2. The molecule has 0 spiro atoms. The maximum absolute atomic E-state index is 12.0. The second-order valence-electron chi connectivity index (χ2n) is 3.91. The van der Waals surface area contributed by atoms with Crippen LogP contribution in [-0.2, 0) is 6.54 Å². The molecule has 1 aromatic carbocycles. The van der Waals surface area contributed by atoms with E-state index in [4.69, 9.17) is 11.6 Å². The molecule has 0 amide bonds. The van der Waals surface area contributed by atoms with Gasteiger partial charge in [-0.05, 0) is 24.3 Å². The Bertz CT molecular complexity index is 724. The zero-order valence-corrected chi connectivity index (χ0v) is 10.8. The van der Waals surface area contributed by atoms with E-state index in [1.807, 2.05) is 0 Å². The lowest BCUT2D eigenvalue weighted by Gasteiger charge is -2.04. The Hall–Kier alpha value is -2.54. The fourth-order valence-electron chi connectivity index (χ4n) is 1.53. The molecule has 2 rings (SSSR count). The van der Waals surface area contributed by atoms with Gasteiger partial charge in [-0.3, -0.25) is 19.5 Å². The van der Waals surface area contributed by atoms with Gasteiger partial charge in [0, 0.05) is 10.6 Å². The lowest BCUT2D eigenvalue weighted by atomic mass is 10.1. The van der Waals surface area contributed by atoms with Gasteiger partial charge in [0.05, 0.1) is 17.7 Å². The second kappa shape index (κ2) is 5.62. The molecule has 8 heteroatoms. The molecule has 102 valence electrons. The summed E-state index contributed by atoms with van der Waals surface area (Å²) in [5, 5.41) is 11.1. The number of Topliss-reactive ketones (excluding diaryl/α,β-unsaturated/α-hetero) is 1. The van der Waals surface area contributed by atoms with Gasteiger partial charge in [0.15, 0.2) is 5.78 Å². The summed E-state index contributed by atoms with van der Waals surface area (Å²) in [7, 11) is 0. The average Bonchev–Trinajstić information content (AvgIpc) is 2.41. The molecular weight excluding hydrogens is 286 g/mol. The number of carbonyl (C=O) groups is 1. The van der Waals surface area contributed by atoms with E-state index in [1.165, 1.54) is 12.1 Å². The molecule has 2 aromatic rings. The number of carbonyl (C=O) groups excluding carboxylic acids is 1. The van der Waals surface area contributed by atoms with Crippen LogP contribution in [0.5, 0.6) is 0 Å². The highest BCUT2D eigenvalue weighted by atomic mass is 35.5. The fraction of sp³-hybridized carbons (Fsp3) is 0.0833. The quantitative estimate of drug-likeness (QED) is 0.485. The molecule has 0 N–H and O–H groups in total. The Morgan fingerprint density at radius 2 is 2.00 bits per heavy atom. The number of hydrogen-bond acceptors (Lipinski definition) is 5. The van der Waals surface area contributed by atoms with Crippen molar-refractivity contribution in [3.63, 3.8) is 0 Å². The lowest BCUT2D eigenvalue weighted by Crippen LogP contribution is -2.26. The fourth-order valence-corrected chi connectivity index (χ4v) is 1.66. The SMILES string of the molecule is O=C(Cn1cc([N+](=O)[O-])cnc1=O)c1ccc(Cl)cc1. The van der Waals surface area contributed by atoms with Gasteiger partial charge in [-0.2, -0.15) is 4.98 Å². The summed E-state index contributed by atoms with van der Waals surface area (Å²) in [5.74, 6) is -0.369. The van der Waals surface area contributed by atoms with Crippen LogP contribution in [0.4, 0.5) is 5.69 Å². The third-order valence-corrected chi connectivity index (χ3v) is 2.78. The molecule has 0 bridgehead atoms. The largest absolute Gasteiger partial charge is 0.348 e. The number of hydrogen-bond donors (Lipinski definition) is 0. The topological polar surface area (TPSA) is 95.1 Å². The van der Waals surface area contributed by atoms with Crippen molar-refractivity contribution in [2.75, 3.05) is 0 Å². The van der Waals surface area contributed by atoms with Crippen molar-refractivity contribution in [3.8, 4) is 0 Å². The van der Waals surface area contributed by atoms with E-state index >= 15 is 0 Å². The van der Waals surface area contributed by atoms with Crippen LogP contribution in [-0.4, -0.2) is 20.3 Å². The average molecular weight is 294 g/mol. The maximum Gasteiger partial charge on any atom is 0.348 e. The number of aromatic nitrogens is 2. The van der Waals surface area contributed by atoms with E-state index in [1.54, 1.807) is 12.1 Å². The normalized spacial score (nSPS) is 10.2. The Morgan fingerprint density at radius 3 is 2.60 bits per heavy atom. The highest BCUT2D eigenvalue weighted by Gasteiger charge is 2.12. The number of nitrogens with zero attached hydrogens (tertiary/aromatic N) is 3. The minimum atomic E-state index is -0.724. The molecule has 0 unspecified atom stereocenters. The Kier molecular flexibility index (Phi) is 3.90. The first kappa shape index (κ1) is 13.9. The van der Waals surface area contributed by atoms with Crippen molar-refractivity contribution >= 4 is 23.1 Å². The molecule has 20 heavy (non-hydrogen) atoms. The molecule has 0 saturated heterocycles. The summed E-state index contributed by atoms with van der Waals surface area (Å²) >= 11 is 5.71. The summed E-state index contributed by atoms with van der Waals surface area (Å²) in [6, 6.07) is 6.12. The van der Waals surface area contributed by atoms with Crippen LogP contribution in [0.1, 0.15) is 10.4 Å². The van der Waals surface area contributed by atoms with Gasteiger partial charge >= 0.3 is 11.4 Å². The van der Waals surface area contributed by atoms with Gasteiger partial charge in [-0.1, -0.05) is 11.6 Å². The second-order valence-corrected chi connectivity index (χ2v) is 4.35. The predicted molar refractivity (Wildman–Crippen MR) is 70.9 cm³/mol. The zero-order chi connectivity index (χ0) is 14.7. The molecule has 0 aliphatic carbocycles. The van der Waals surface area contributed by atoms with Crippen LogP contribution in [0, 0.1) is 10.1 Å². The highest BCUT2D eigenvalue weighted by molar-refractivity contribution is 6.30. The van der Waals surface area contributed by atoms with Gasteiger partial charge in [0.1, 0.15) is 6.20 Å². The van der Waals surface area contributed by atoms with Crippen LogP contribution in [0.15, 0.2) is 41.5 Å². The Balaban J connectivity index is 2.27. The molecule has 0 aliphatic heterocycles. The minimum Gasteiger partial charge on any atom is -0.292 e. The molecule has 0 aliphatic rings. The van der Waals surface area contributed by atoms with Crippen molar-refractivity contribution < 1.29 is 9.72 Å². The summed E-state index contributed by atoms with van der Waals surface area (Å²) in [5.41, 5.74) is -0.723. The zero-order valence-electron chi connectivity index (χ0n) is 10.0. The summed E-state index contributed by atoms with van der Waals surface area (Å²) in [4.78, 5) is 36.7. The minimum absolute atomic E-state index is 0.324. The van der Waals surface area contributed by atoms with E-state index in [0.29, 0.717) is 10.6 Å². The van der Waals surface area contributed by atoms with Crippen LogP contribution in [0.3, 0.4) is 0 Å². The number of benzene rings is 1. The molecule has 0 fully saturated rings. The summed E-state index contributed by atoms with van der Waals surface area (Å²) in [6.45, 7) is -0.324.